The summed E-state index contributed by atoms with van der Waals surface area (Å²) in [6.45, 7) is 4.59. The highest BCUT2D eigenvalue weighted by atomic mass is 35.5. The number of aliphatic hydroxyl groups is 1. The van der Waals surface area contributed by atoms with Crippen molar-refractivity contribution in [2.24, 2.45) is 5.92 Å². The van der Waals surface area contributed by atoms with Crippen LogP contribution in [0.3, 0.4) is 0 Å². The quantitative estimate of drug-likeness (QED) is 0.874. The SMILES string of the molecule is CN(Cc1c(F)cccc1Cl)CC1CCN(CCO)CC1. The number of nitrogens with zero attached hydrogens (tertiary/aromatic N) is 2. The number of rotatable bonds is 6. The van der Waals surface area contributed by atoms with Crippen molar-refractivity contribution in [3.8, 4) is 0 Å². The third-order valence-electron chi connectivity index (χ3n) is 4.18. The molecule has 1 saturated heterocycles. The molecule has 5 heteroatoms. The first-order valence-corrected chi connectivity index (χ1v) is 7.92. The Bertz CT molecular complexity index is 430. The minimum Gasteiger partial charge on any atom is -0.395 e. The van der Waals surface area contributed by atoms with Crippen molar-refractivity contribution in [3.63, 3.8) is 0 Å². The zero-order valence-corrected chi connectivity index (χ0v) is 13.3. The van der Waals surface area contributed by atoms with Crippen molar-refractivity contribution >= 4 is 11.6 Å². The topological polar surface area (TPSA) is 26.7 Å². The molecule has 0 unspecified atom stereocenters. The van der Waals surface area contributed by atoms with E-state index in [-0.39, 0.29) is 12.4 Å². The minimum atomic E-state index is -0.230. The van der Waals surface area contributed by atoms with E-state index in [0.29, 0.717) is 23.0 Å². The van der Waals surface area contributed by atoms with Crippen LogP contribution in [0.4, 0.5) is 4.39 Å². The van der Waals surface area contributed by atoms with Gasteiger partial charge in [0.25, 0.3) is 0 Å². The second-order valence-electron chi connectivity index (χ2n) is 5.91. The standard InChI is InChI=1S/C16H24ClFN2O/c1-19(12-14-15(17)3-2-4-16(14)18)11-13-5-7-20(8-6-13)9-10-21/h2-4,13,21H,5-12H2,1H3. The summed E-state index contributed by atoms with van der Waals surface area (Å²) in [5.74, 6) is 0.405. The summed E-state index contributed by atoms with van der Waals surface area (Å²) in [5.41, 5.74) is 0.583. The largest absolute Gasteiger partial charge is 0.395 e. The van der Waals surface area contributed by atoms with Crippen molar-refractivity contribution in [2.75, 3.05) is 39.8 Å². The molecule has 0 aromatic heterocycles. The molecule has 1 heterocycles. The van der Waals surface area contributed by atoms with Gasteiger partial charge in [-0.1, -0.05) is 17.7 Å². The van der Waals surface area contributed by atoms with Gasteiger partial charge in [0.2, 0.25) is 0 Å². The normalized spacial score (nSPS) is 17.6. The molecule has 0 amide bonds. The maximum Gasteiger partial charge on any atom is 0.129 e. The van der Waals surface area contributed by atoms with E-state index in [2.05, 4.69) is 9.80 Å². The van der Waals surface area contributed by atoms with Crippen LogP contribution in [0.25, 0.3) is 0 Å². The van der Waals surface area contributed by atoms with Crippen molar-refractivity contribution in [3.05, 3.63) is 34.6 Å². The molecule has 1 N–H and O–H groups in total. The van der Waals surface area contributed by atoms with E-state index >= 15 is 0 Å². The molecule has 2 rings (SSSR count). The molecule has 1 aromatic carbocycles. The van der Waals surface area contributed by atoms with Gasteiger partial charge in [-0.25, -0.2) is 4.39 Å². The van der Waals surface area contributed by atoms with Crippen molar-refractivity contribution in [1.29, 1.82) is 0 Å². The first-order valence-electron chi connectivity index (χ1n) is 7.54. The van der Waals surface area contributed by atoms with E-state index in [1.165, 1.54) is 6.07 Å². The number of benzene rings is 1. The van der Waals surface area contributed by atoms with Gasteiger partial charge in [-0.3, -0.25) is 0 Å². The third-order valence-corrected chi connectivity index (χ3v) is 4.54. The highest BCUT2D eigenvalue weighted by molar-refractivity contribution is 6.31. The number of β-amino-alcohol motifs (C(OH)–C–C–N with tert-alkyl or cyclic N) is 1. The van der Waals surface area contributed by atoms with E-state index in [1.54, 1.807) is 12.1 Å². The number of piperidine rings is 1. The molecule has 0 bridgehead atoms. The lowest BCUT2D eigenvalue weighted by Crippen LogP contribution is -2.39. The van der Waals surface area contributed by atoms with Gasteiger partial charge in [0, 0.05) is 30.2 Å². The van der Waals surface area contributed by atoms with E-state index in [1.807, 2.05) is 7.05 Å². The first-order chi connectivity index (χ1) is 10.1. The van der Waals surface area contributed by atoms with Crippen LogP contribution in [0.15, 0.2) is 18.2 Å². The van der Waals surface area contributed by atoms with E-state index in [9.17, 15) is 4.39 Å². The Balaban J connectivity index is 1.81. The number of aliphatic hydroxyl groups excluding tert-OH is 1. The molecule has 0 radical (unpaired) electrons. The van der Waals surface area contributed by atoms with Crippen molar-refractivity contribution < 1.29 is 9.50 Å². The monoisotopic (exact) mass is 314 g/mol. The Labute approximate surface area is 131 Å². The fourth-order valence-corrected chi connectivity index (χ4v) is 3.22. The number of halogens is 2. The molecule has 1 aliphatic rings. The predicted octanol–water partition coefficient (Wildman–Crippen LogP) is 2.62. The summed E-state index contributed by atoms with van der Waals surface area (Å²) >= 11 is 6.07. The number of hydrogen-bond donors (Lipinski definition) is 1. The molecule has 0 saturated carbocycles. The van der Waals surface area contributed by atoms with Gasteiger partial charge in [0.15, 0.2) is 0 Å². The predicted molar refractivity (Wildman–Crippen MR) is 84.0 cm³/mol. The summed E-state index contributed by atoms with van der Waals surface area (Å²) in [6, 6.07) is 4.83. The molecular formula is C16H24ClFN2O. The zero-order valence-electron chi connectivity index (χ0n) is 12.6. The van der Waals surface area contributed by atoms with Gasteiger partial charge in [-0.15, -0.1) is 0 Å². The van der Waals surface area contributed by atoms with E-state index in [4.69, 9.17) is 16.7 Å². The number of hydrogen-bond acceptors (Lipinski definition) is 3. The lowest BCUT2D eigenvalue weighted by molar-refractivity contribution is 0.129. The molecular weight excluding hydrogens is 291 g/mol. The number of likely N-dealkylation sites (tertiary alicyclic amines) is 1. The van der Waals surface area contributed by atoms with Gasteiger partial charge in [-0.2, -0.15) is 0 Å². The maximum absolute atomic E-state index is 13.8. The lowest BCUT2D eigenvalue weighted by atomic mass is 9.96. The van der Waals surface area contributed by atoms with Crippen molar-refractivity contribution in [1.82, 2.24) is 9.80 Å². The fourth-order valence-electron chi connectivity index (χ4n) is 2.99. The lowest BCUT2D eigenvalue weighted by Gasteiger charge is -2.33. The fraction of sp³-hybridized carbons (Fsp3) is 0.625. The average molecular weight is 315 g/mol. The Kier molecular flexibility index (Phi) is 6.42. The molecule has 1 aromatic rings. The molecule has 1 aliphatic heterocycles. The van der Waals surface area contributed by atoms with Crippen LogP contribution in [-0.2, 0) is 6.54 Å². The maximum atomic E-state index is 13.8. The van der Waals surface area contributed by atoms with Gasteiger partial charge in [0.1, 0.15) is 5.82 Å². The summed E-state index contributed by atoms with van der Waals surface area (Å²) in [7, 11) is 2.02. The molecule has 0 aliphatic carbocycles. The Morgan fingerprint density at radius 2 is 2.10 bits per heavy atom. The minimum absolute atomic E-state index is 0.230. The highest BCUT2D eigenvalue weighted by Gasteiger charge is 2.20. The van der Waals surface area contributed by atoms with Crippen LogP contribution < -0.4 is 0 Å². The van der Waals surface area contributed by atoms with Gasteiger partial charge in [-0.05, 0) is 51.0 Å². The van der Waals surface area contributed by atoms with Gasteiger partial charge >= 0.3 is 0 Å². The molecule has 21 heavy (non-hydrogen) atoms. The van der Waals surface area contributed by atoms with Crippen LogP contribution in [0.2, 0.25) is 5.02 Å². The Morgan fingerprint density at radius 3 is 2.71 bits per heavy atom. The van der Waals surface area contributed by atoms with Crippen LogP contribution >= 0.6 is 11.6 Å². The Hall–Kier alpha value is -0.680. The van der Waals surface area contributed by atoms with Crippen LogP contribution in [-0.4, -0.2) is 54.7 Å². The van der Waals surface area contributed by atoms with E-state index < -0.39 is 0 Å². The molecule has 118 valence electrons. The summed E-state index contributed by atoms with van der Waals surface area (Å²) < 4.78 is 13.8. The second kappa shape index (κ2) is 8.08. The Morgan fingerprint density at radius 1 is 1.38 bits per heavy atom. The van der Waals surface area contributed by atoms with Crippen LogP contribution in [0, 0.1) is 11.7 Å². The second-order valence-corrected chi connectivity index (χ2v) is 6.31. The highest BCUT2D eigenvalue weighted by Crippen LogP contribution is 2.22. The average Bonchev–Trinajstić information content (AvgIpc) is 2.45. The van der Waals surface area contributed by atoms with Gasteiger partial charge < -0.3 is 14.9 Å². The molecule has 0 atom stereocenters. The molecule has 1 fully saturated rings. The molecule has 0 spiro atoms. The van der Waals surface area contributed by atoms with Crippen molar-refractivity contribution in [2.45, 2.75) is 19.4 Å². The smallest absolute Gasteiger partial charge is 0.129 e. The summed E-state index contributed by atoms with van der Waals surface area (Å²) in [6.07, 6.45) is 2.27. The first kappa shape index (κ1) is 16.7. The molecule has 3 nitrogen and oxygen atoms in total. The third kappa shape index (κ3) is 4.92. The zero-order chi connectivity index (χ0) is 15.2. The summed E-state index contributed by atoms with van der Waals surface area (Å²) in [4.78, 5) is 4.45. The van der Waals surface area contributed by atoms with Crippen LogP contribution in [0.5, 0.6) is 0 Å². The van der Waals surface area contributed by atoms with Gasteiger partial charge in [0.05, 0.1) is 6.61 Å². The van der Waals surface area contributed by atoms with E-state index in [0.717, 1.165) is 39.0 Å². The summed E-state index contributed by atoms with van der Waals surface area (Å²) in [5, 5.41) is 9.45. The van der Waals surface area contributed by atoms with Crippen LogP contribution in [0.1, 0.15) is 18.4 Å².